The lowest BCUT2D eigenvalue weighted by atomic mass is 9.97. The SMILES string of the molecule is c1nsnc1CN1CCCC(c2nnc3n2CCC3)C1. The molecule has 0 spiro atoms. The lowest BCUT2D eigenvalue weighted by Gasteiger charge is -2.31. The van der Waals surface area contributed by atoms with E-state index in [9.17, 15) is 0 Å². The number of aromatic nitrogens is 5. The summed E-state index contributed by atoms with van der Waals surface area (Å²) in [6, 6.07) is 0. The molecule has 6 nitrogen and oxygen atoms in total. The Morgan fingerprint density at radius 2 is 2.25 bits per heavy atom. The van der Waals surface area contributed by atoms with Crippen molar-refractivity contribution in [3.63, 3.8) is 0 Å². The van der Waals surface area contributed by atoms with E-state index < -0.39 is 0 Å². The summed E-state index contributed by atoms with van der Waals surface area (Å²) in [7, 11) is 0. The highest BCUT2D eigenvalue weighted by Gasteiger charge is 2.28. The molecule has 0 radical (unpaired) electrons. The minimum Gasteiger partial charge on any atom is -0.315 e. The fraction of sp³-hybridized carbons (Fsp3) is 0.692. The molecule has 4 heterocycles. The zero-order valence-corrected chi connectivity index (χ0v) is 12.2. The minimum atomic E-state index is 0.523. The zero-order chi connectivity index (χ0) is 13.4. The van der Waals surface area contributed by atoms with Gasteiger partial charge in [-0.15, -0.1) is 10.2 Å². The molecule has 7 heteroatoms. The predicted molar refractivity (Wildman–Crippen MR) is 75.5 cm³/mol. The Balaban J connectivity index is 1.48. The largest absolute Gasteiger partial charge is 0.315 e. The smallest absolute Gasteiger partial charge is 0.137 e. The molecule has 20 heavy (non-hydrogen) atoms. The minimum absolute atomic E-state index is 0.523. The Morgan fingerprint density at radius 1 is 1.25 bits per heavy atom. The van der Waals surface area contributed by atoms with Crippen molar-refractivity contribution in [3.05, 3.63) is 23.5 Å². The van der Waals surface area contributed by atoms with Gasteiger partial charge in [-0.25, -0.2) is 0 Å². The van der Waals surface area contributed by atoms with E-state index in [-0.39, 0.29) is 0 Å². The van der Waals surface area contributed by atoms with Crippen molar-refractivity contribution < 1.29 is 0 Å². The van der Waals surface area contributed by atoms with Crippen molar-refractivity contribution in [1.29, 1.82) is 0 Å². The predicted octanol–water partition coefficient (Wildman–Crippen LogP) is 1.46. The van der Waals surface area contributed by atoms with E-state index in [0.717, 1.165) is 38.3 Å². The van der Waals surface area contributed by atoms with Gasteiger partial charge in [0, 0.05) is 32.0 Å². The fourth-order valence-electron chi connectivity index (χ4n) is 3.37. The Morgan fingerprint density at radius 3 is 3.15 bits per heavy atom. The molecule has 2 aromatic heterocycles. The van der Waals surface area contributed by atoms with Gasteiger partial charge in [-0.2, -0.15) is 8.75 Å². The number of likely N-dealkylation sites (tertiary alicyclic amines) is 1. The molecule has 0 N–H and O–H groups in total. The molecule has 0 aliphatic carbocycles. The van der Waals surface area contributed by atoms with E-state index in [1.807, 2.05) is 6.20 Å². The van der Waals surface area contributed by atoms with Crippen LogP contribution in [0.15, 0.2) is 6.20 Å². The molecule has 1 unspecified atom stereocenters. The molecule has 106 valence electrons. The van der Waals surface area contributed by atoms with Crippen molar-refractivity contribution in [1.82, 2.24) is 28.4 Å². The van der Waals surface area contributed by atoms with Crippen LogP contribution in [-0.4, -0.2) is 41.5 Å². The summed E-state index contributed by atoms with van der Waals surface area (Å²) in [4.78, 5) is 2.47. The van der Waals surface area contributed by atoms with Crippen LogP contribution < -0.4 is 0 Å². The summed E-state index contributed by atoms with van der Waals surface area (Å²) in [5, 5.41) is 8.80. The average molecular weight is 290 g/mol. The monoisotopic (exact) mass is 290 g/mol. The van der Waals surface area contributed by atoms with E-state index in [0.29, 0.717) is 5.92 Å². The van der Waals surface area contributed by atoms with Crippen LogP contribution in [0.25, 0.3) is 0 Å². The van der Waals surface area contributed by atoms with Gasteiger partial charge in [0.15, 0.2) is 0 Å². The maximum absolute atomic E-state index is 4.45. The van der Waals surface area contributed by atoms with Gasteiger partial charge in [0.2, 0.25) is 0 Å². The lowest BCUT2D eigenvalue weighted by Crippen LogP contribution is -2.35. The number of piperidine rings is 1. The molecule has 1 fully saturated rings. The Labute approximate surface area is 122 Å². The van der Waals surface area contributed by atoms with Gasteiger partial charge in [0.1, 0.15) is 11.6 Å². The van der Waals surface area contributed by atoms with Crippen LogP contribution in [0.2, 0.25) is 0 Å². The van der Waals surface area contributed by atoms with Gasteiger partial charge >= 0.3 is 0 Å². The molecule has 1 saturated heterocycles. The Hall–Kier alpha value is -1.34. The van der Waals surface area contributed by atoms with Crippen molar-refractivity contribution in [2.75, 3.05) is 13.1 Å². The zero-order valence-electron chi connectivity index (χ0n) is 11.4. The second-order valence-corrected chi connectivity index (χ2v) is 6.26. The molecule has 0 aromatic carbocycles. The number of hydrogen-bond acceptors (Lipinski definition) is 6. The summed E-state index contributed by atoms with van der Waals surface area (Å²) in [6.45, 7) is 4.23. The van der Waals surface area contributed by atoms with Crippen LogP contribution in [0.4, 0.5) is 0 Å². The molecule has 2 aliphatic rings. The first kappa shape index (κ1) is 12.4. The maximum Gasteiger partial charge on any atom is 0.137 e. The summed E-state index contributed by atoms with van der Waals surface area (Å²) in [5.41, 5.74) is 1.09. The first-order valence-corrected chi connectivity index (χ1v) is 8.04. The topological polar surface area (TPSA) is 59.7 Å². The first-order chi connectivity index (χ1) is 9.90. The van der Waals surface area contributed by atoms with Crippen LogP contribution in [0.3, 0.4) is 0 Å². The summed E-state index contributed by atoms with van der Waals surface area (Å²) in [5.74, 6) is 2.91. The highest BCUT2D eigenvalue weighted by Crippen LogP contribution is 2.28. The number of nitrogens with zero attached hydrogens (tertiary/aromatic N) is 6. The third kappa shape index (κ3) is 2.25. The number of hydrogen-bond donors (Lipinski definition) is 0. The maximum atomic E-state index is 4.45. The van der Waals surface area contributed by atoms with E-state index in [4.69, 9.17) is 0 Å². The normalized spacial score (nSPS) is 23.1. The third-order valence-corrected chi connectivity index (χ3v) is 4.82. The van der Waals surface area contributed by atoms with Crippen molar-refractivity contribution in [3.8, 4) is 0 Å². The van der Waals surface area contributed by atoms with Gasteiger partial charge in [0.25, 0.3) is 0 Å². The summed E-state index contributed by atoms with van der Waals surface area (Å²) >= 11 is 1.29. The van der Waals surface area contributed by atoms with Gasteiger partial charge < -0.3 is 4.57 Å². The standard InChI is InChI=1S/C13H18N6S/c1-3-10(13-16-15-12-4-2-6-19(12)13)8-18(5-1)9-11-7-14-20-17-11/h7,10H,1-6,8-9H2. The van der Waals surface area contributed by atoms with Crippen LogP contribution in [0.5, 0.6) is 0 Å². The number of aryl methyl sites for hydroxylation is 1. The van der Waals surface area contributed by atoms with Gasteiger partial charge in [0.05, 0.1) is 23.6 Å². The van der Waals surface area contributed by atoms with Crippen LogP contribution in [0, 0.1) is 0 Å². The lowest BCUT2D eigenvalue weighted by molar-refractivity contribution is 0.193. The molecule has 0 bridgehead atoms. The van der Waals surface area contributed by atoms with Crippen molar-refractivity contribution in [2.24, 2.45) is 0 Å². The molecule has 4 rings (SSSR count). The fourth-order valence-corrected chi connectivity index (χ4v) is 3.79. The average Bonchev–Trinajstić information content (AvgIpc) is 3.16. The molecular formula is C13H18N6S. The van der Waals surface area contributed by atoms with Gasteiger partial charge in [-0.05, 0) is 25.8 Å². The highest BCUT2D eigenvalue weighted by atomic mass is 32.1. The second kappa shape index (κ2) is 5.21. The van der Waals surface area contributed by atoms with E-state index >= 15 is 0 Å². The first-order valence-electron chi connectivity index (χ1n) is 7.31. The highest BCUT2D eigenvalue weighted by molar-refractivity contribution is 6.99. The Kier molecular flexibility index (Phi) is 3.23. The number of fused-ring (bicyclic) bond motifs is 1. The van der Waals surface area contributed by atoms with Crippen molar-refractivity contribution >= 4 is 11.7 Å². The second-order valence-electron chi connectivity index (χ2n) is 5.70. The molecule has 0 amide bonds. The van der Waals surface area contributed by atoms with E-state index in [2.05, 4.69) is 28.4 Å². The summed E-state index contributed by atoms with van der Waals surface area (Å²) in [6.07, 6.45) is 6.64. The van der Waals surface area contributed by atoms with E-state index in [1.165, 1.54) is 42.6 Å². The van der Waals surface area contributed by atoms with Crippen LogP contribution >= 0.6 is 11.7 Å². The number of rotatable bonds is 3. The molecular weight excluding hydrogens is 272 g/mol. The molecule has 1 atom stereocenters. The molecule has 2 aliphatic heterocycles. The quantitative estimate of drug-likeness (QED) is 0.856. The van der Waals surface area contributed by atoms with Crippen molar-refractivity contribution in [2.45, 2.75) is 44.7 Å². The van der Waals surface area contributed by atoms with Gasteiger partial charge in [-0.1, -0.05) is 0 Å². The van der Waals surface area contributed by atoms with E-state index in [1.54, 1.807) is 0 Å². The van der Waals surface area contributed by atoms with Gasteiger partial charge in [-0.3, -0.25) is 4.90 Å². The van der Waals surface area contributed by atoms with Crippen LogP contribution in [0.1, 0.15) is 42.5 Å². The third-order valence-electron chi connectivity index (χ3n) is 4.30. The Bertz CT molecular complexity index is 578. The van der Waals surface area contributed by atoms with Crippen LogP contribution in [-0.2, 0) is 19.5 Å². The molecule has 2 aromatic rings. The molecule has 0 saturated carbocycles. The summed E-state index contributed by atoms with van der Waals surface area (Å²) < 4.78 is 10.7.